The molecule has 0 bridgehead atoms. The van der Waals surface area contributed by atoms with Gasteiger partial charge in [-0.3, -0.25) is 14.6 Å². The number of carbonyl (C=O) groups is 1. The van der Waals surface area contributed by atoms with Gasteiger partial charge in [-0.15, -0.1) is 0 Å². The number of likely N-dealkylation sites (tertiary alicyclic amines) is 1. The van der Waals surface area contributed by atoms with E-state index in [1.54, 1.807) is 14.2 Å². The molecule has 2 saturated heterocycles. The topological polar surface area (TPSA) is 45.3 Å². The monoisotopic (exact) mass is 513 g/mol. The second kappa shape index (κ2) is 12.5. The van der Waals surface area contributed by atoms with Gasteiger partial charge in [-0.25, -0.2) is 0 Å². The van der Waals surface area contributed by atoms with Crippen molar-refractivity contribution in [3.8, 4) is 11.5 Å². The molecule has 0 radical (unpaired) electrons. The Morgan fingerprint density at radius 3 is 1.95 bits per heavy atom. The van der Waals surface area contributed by atoms with Crippen LogP contribution in [0.5, 0.6) is 11.5 Å². The van der Waals surface area contributed by atoms with Gasteiger partial charge in [0.25, 0.3) is 0 Å². The maximum Gasteiger partial charge on any atom is 0.225 e. The quantitative estimate of drug-likeness (QED) is 0.431. The molecule has 0 atom stereocenters. The van der Waals surface area contributed by atoms with Gasteiger partial charge in [-0.1, -0.05) is 60.7 Å². The molecule has 0 spiro atoms. The molecular weight excluding hydrogens is 474 g/mol. The number of methoxy groups -OCH3 is 2. The number of nitrogens with zero attached hydrogens (tertiary/aromatic N) is 3. The zero-order valence-corrected chi connectivity index (χ0v) is 22.6. The first-order chi connectivity index (χ1) is 18.7. The zero-order chi connectivity index (χ0) is 26.3. The average molecular weight is 514 g/mol. The number of benzene rings is 3. The van der Waals surface area contributed by atoms with Crippen molar-refractivity contribution >= 4 is 5.91 Å². The van der Waals surface area contributed by atoms with Gasteiger partial charge < -0.3 is 14.4 Å². The molecule has 6 heteroatoms. The van der Waals surface area contributed by atoms with E-state index in [0.717, 1.165) is 75.7 Å². The van der Waals surface area contributed by atoms with E-state index in [4.69, 9.17) is 9.47 Å². The van der Waals surface area contributed by atoms with Crippen LogP contribution in [-0.2, 0) is 11.3 Å². The fourth-order valence-electron chi connectivity index (χ4n) is 5.93. The summed E-state index contributed by atoms with van der Waals surface area (Å²) in [5.41, 5.74) is 3.73. The highest BCUT2D eigenvalue weighted by atomic mass is 16.5. The molecule has 3 aromatic rings. The van der Waals surface area contributed by atoms with Gasteiger partial charge in [-0.05, 0) is 55.3 Å². The van der Waals surface area contributed by atoms with E-state index in [9.17, 15) is 4.79 Å². The molecule has 0 saturated carbocycles. The zero-order valence-electron chi connectivity index (χ0n) is 22.6. The number of piperidine rings is 1. The number of carbonyl (C=O) groups excluding carboxylic acids is 1. The third-order valence-corrected chi connectivity index (χ3v) is 8.04. The van der Waals surface area contributed by atoms with Gasteiger partial charge in [0.1, 0.15) is 11.5 Å². The maximum absolute atomic E-state index is 13.5. The number of rotatable bonds is 8. The molecule has 1 amide bonds. The first-order valence-corrected chi connectivity index (χ1v) is 13.7. The minimum Gasteiger partial charge on any atom is -0.497 e. The van der Waals surface area contributed by atoms with Crippen LogP contribution in [0, 0.1) is 5.92 Å². The van der Waals surface area contributed by atoms with Gasteiger partial charge in [0.15, 0.2) is 0 Å². The van der Waals surface area contributed by atoms with E-state index < -0.39 is 0 Å². The number of amides is 1. The summed E-state index contributed by atoms with van der Waals surface area (Å²) in [7, 11) is 3.39. The highest BCUT2D eigenvalue weighted by molar-refractivity contribution is 5.79. The summed E-state index contributed by atoms with van der Waals surface area (Å²) in [6, 6.07) is 27.6. The lowest BCUT2D eigenvalue weighted by molar-refractivity contribution is -0.139. The van der Waals surface area contributed by atoms with Crippen molar-refractivity contribution in [3.63, 3.8) is 0 Å². The molecule has 0 aromatic heterocycles. The van der Waals surface area contributed by atoms with E-state index in [1.807, 2.05) is 18.2 Å². The standard InChI is InChI=1S/C32H39N3O3/c1-37-29-13-14-30(38-2)28(23-29)24-33-17-15-27(16-18-33)32(36)35-21-19-34(20-22-35)31(25-9-5-3-6-10-25)26-11-7-4-8-12-26/h3-14,23,27,31H,15-22,24H2,1-2H3. The van der Waals surface area contributed by atoms with Crippen molar-refractivity contribution in [1.82, 2.24) is 14.7 Å². The smallest absolute Gasteiger partial charge is 0.225 e. The molecule has 2 heterocycles. The first-order valence-electron chi connectivity index (χ1n) is 13.7. The lowest BCUT2D eigenvalue weighted by Crippen LogP contribution is -2.52. The molecule has 200 valence electrons. The fourth-order valence-corrected chi connectivity index (χ4v) is 5.93. The normalized spacial score (nSPS) is 17.5. The summed E-state index contributed by atoms with van der Waals surface area (Å²) in [6.07, 6.45) is 1.81. The lowest BCUT2D eigenvalue weighted by atomic mass is 9.94. The second-order valence-corrected chi connectivity index (χ2v) is 10.3. The highest BCUT2D eigenvalue weighted by Gasteiger charge is 2.33. The number of piperazine rings is 1. The van der Waals surface area contributed by atoms with Crippen LogP contribution in [0.1, 0.15) is 35.6 Å². The van der Waals surface area contributed by atoms with Gasteiger partial charge >= 0.3 is 0 Å². The van der Waals surface area contributed by atoms with Gasteiger partial charge in [0.2, 0.25) is 5.91 Å². The minimum absolute atomic E-state index is 0.115. The fraction of sp³-hybridized carbons (Fsp3) is 0.406. The predicted octanol–water partition coefficient (Wildman–Crippen LogP) is 4.85. The molecule has 3 aromatic carbocycles. The summed E-state index contributed by atoms with van der Waals surface area (Å²) in [5.74, 6) is 2.17. The Morgan fingerprint density at radius 1 is 0.789 bits per heavy atom. The third-order valence-electron chi connectivity index (χ3n) is 8.04. The third kappa shape index (κ3) is 6.03. The Hall–Kier alpha value is -3.35. The first kappa shape index (κ1) is 26.3. The van der Waals surface area contributed by atoms with Crippen molar-refractivity contribution in [2.75, 3.05) is 53.5 Å². The number of hydrogen-bond acceptors (Lipinski definition) is 5. The molecule has 38 heavy (non-hydrogen) atoms. The Labute approximate surface area is 226 Å². The van der Waals surface area contributed by atoms with Gasteiger partial charge in [0.05, 0.1) is 20.3 Å². The minimum atomic E-state index is 0.115. The van der Waals surface area contributed by atoms with Crippen LogP contribution in [0.25, 0.3) is 0 Å². The molecule has 0 N–H and O–H groups in total. The van der Waals surface area contributed by atoms with E-state index in [1.165, 1.54) is 11.1 Å². The van der Waals surface area contributed by atoms with E-state index in [0.29, 0.717) is 5.91 Å². The largest absolute Gasteiger partial charge is 0.497 e. The maximum atomic E-state index is 13.5. The van der Waals surface area contributed by atoms with Crippen molar-refractivity contribution < 1.29 is 14.3 Å². The Balaban J connectivity index is 1.16. The van der Waals surface area contributed by atoms with E-state index in [2.05, 4.69) is 75.4 Å². The SMILES string of the molecule is COc1ccc(OC)c(CN2CCC(C(=O)N3CCN(C(c4ccccc4)c4ccccc4)CC3)CC2)c1. The van der Waals surface area contributed by atoms with Crippen molar-refractivity contribution in [3.05, 3.63) is 95.6 Å². The molecule has 5 rings (SSSR count). The van der Waals surface area contributed by atoms with Crippen LogP contribution in [-0.4, -0.2) is 74.1 Å². The Kier molecular flexibility index (Phi) is 8.61. The van der Waals surface area contributed by atoms with E-state index in [-0.39, 0.29) is 12.0 Å². The van der Waals surface area contributed by atoms with Crippen LogP contribution in [0.15, 0.2) is 78.9 Å². The van der Waals surface area contributed by atoms with Crippen LogP contribution >= 0.6 is 0 Å². The van der Waals surface area contributed by atoms with Crippen LogP contribution in [0.2, 0.25) is 0 Å². The van der Waals surface area contributed by atoms with Crippen LogP contribution in [0.4, 0.5) is 0 Å². The summed E-state index contributed by atoms with van der Waals surface area (Å²) >= 11 is 0. The van der Waals surface area contributed by atoms with Gasteiger partial charge in [0, 0.05) is 44.2 Å². The summed E-state index contributed by atoms with van der Waals surface area (Å²) in [4.78, 5) is 20.5. The van der Waals surface area contributed by atoms with E-state index >= 15 is 0 Å². The molecule has 0 aliphatic carbocycles. The van der Waals surface area contributed by atoms with Crippen molar-refractivity contribution in [2.45, 2.75) is 25.4 Å². The number of ether oxygens (including phenoxy) is 2. The number of hydrogen-bond donors (Lipinski definition) is 0. The average Bonchev–Trinajstić information content (AvgIpc) is 2.99. The van der Waals surface area contributed by atoms with Crippen molar-refractivity contribution in [2.24, 2.45) is 5.92 Å². The van der Waals surface area contributed by atoms with Crippen LogP contribution < -0.4 is 9.47 Å². The molecule has 2 aliphatic rings. The molecule has 2 aliphatic heterocycles. The molecular formula is C32H39N3O3. The Morgan fingerprint density at radius 2 is 1.39 bits per heavy atom. The molecule has 6 nitrogen and oxygen atoms in total. The Bertz CT molecular complexity index is 1130. The summed E-state index contributed by atoms with van der Waals surface area (Å²) in [5, 5.41) is 0. The van der Waals surface area contributed by atoms with Crippen molar-refractivity contribution in [1.29, 1.82) is 0 Å². The summed E-state index contributed by atoms with van der Waals surface area (Å²) in [6.45, 7) is 5.98. The highest BCUT2D eigenvalue weighted by Crippen LogP contribution is 2.31. The van der Waals surface area contributed by atoms with Gasteiger partial charge in [-0.2, -0.15) is 0 Å². The molecule has 2 fully saturated rings. The molecule has 0 unspecified atom stereocenters. The lowest BCUT2D eigenvalue weighted by Gasteiger charge is -2.41. The summed E-state index contributed by atoms with van der Waals surface area (Å²) < 4.78 is 11.0. The second-order valence-electron chi connectivity index (χ2n) is 10.3. The predicted molar refractivity (Wildman–Crippen MR) is 150 cm³/mol. The van der Waals surface area contributed by atoms with Crippen LogP contribution in [0.3, 0.4) is 0 Å².